The molecule has 0 amide bonds. The van der Waals surface area contributed by atoms with Crippen LogP contribution in [0, 0.1) is 0 Å². The molecule has 102 valence electrons. The number of hydrogen-bond donors (Lipinski definition) is 1. The number of nitrogens with two attached hydrogens (primary N) is 1. The van der Waals surface area contributed by atoms with Crippen LogP contribution in [-0.4, -0.2) is 18.6 Å². The van der Waals surface area contributed by atoms with Crippen molar-refractivity contribution in [3.63, 3.8) is 0 Å². The molecule has 2 nitrogen and oxygen atoms in total. The van der Waals surface area contributed by atoms with Crippen molar-refractivity contribution in [2.75, 3.05) is 0 Å². The van der Waals surface area contributed by atoms with Crippen molar-refractivity contribution < 1.29 is 22.3 Å². The molecule has 1 aromatic rings. The zero-order valence-electron chi connectivity index (χ0n) is 9.88. The first-order chi connectivity index (χ1) is 8.35. The molecule has 0 saturated carbocycles. The molecule has 1 aromatic carbocycles. The van der Waals surface area contributed by atoms with Crippen LogP contribution in [0.25, 0.3) is 0 Å². The summed E-state index contributed by atoms with van der Waals surface area (Å²) < 4.78 is 53.0. The van der Waals surface area contributed by atoms with Crippen LogP contribution in [0.15, 0.2) is 24.3 Å². The highest BCUT2D eigenvalue weighted by molar-refractivity contribution is 5.28. The molecule has 1 rings (SSSR count). The van der Waals surface area contributed by atoms with Gasteiger partial charge in [-0.05, 0) is 30.5 Å². The third kappa shape index (κ3) is 4.18. The van der Waals surface area contributed by atoms with E-state index in [1.54, 1.807) is 0 Å². The summed E-state index contributed by atoms with van der Waals surface area (Å²) in [5.74, 6) is -0.297. The highest BCUT2D eigenvalue weighted by Crippen LogP contribution is 2.27. The Balaban J connectivity index is 2.66. The largest absolute Gasteiger partial charge is 0.461 e. The van der Waals surface area contributed by atoms with Gasteiger partial charge < -0.3 is 10.5 Å². The second-order valence-electron chi connectivity index (χ2n) is 3.98. The van der Waals surface area contributed by atoms with Gasteiger partial charge in [-0.2, -0.15) is 17.6 Å². The fourth-order valence-electron chi connectivity index (χ4n) is 1.34. The fourth-order valence-corrected chi connectivity index (χ4v) is 1.34. The summed E-state index contributed by atoms with van der Waals surface area (Å²) in [6.07, 6.45) is -6.93. The average Bonchev–Trinajstić information content (AvgIpc) is 2.31. The lowest BCUT2D eigenvalue weighted by atomic mass is 10.0. The van der Waals surface area contributed by atoms with Crippen LogP contribution >= 0.6 is 0 Å². The Kier molecular flexibility index (Phi) is 4.95. The lowest BCUT2D eigenvalue weighted by Crippen LogP contribution is -2.33. The van der Waals surface area contributed by atoms with E-state index < -0.39 is 12.5 Å². The first-order valence-corrected chi connectivity index (χ1v) is 5.54. The lowest BCUT2D eigenvalue weighted by molar-refractivity contribution is -0.253. The molecule has 0 aliphatic rings. The summed E-state index contributed by atoms with van der Waals surface area (Å²) in [6, 6.07) is 5.51. The van der Waals surface area contributed by atoms with Gasteiger partial charge >= 0.3 is 12.5 Å². The minimum atomic E-state index is -4.47. The Bertz CT molecular complexity index is 367. The number of rotatable bonds is 6. The van der Waals surface area contributed by atoms with Gasteiger partial charge in [0.25, 0.3) is 0 Å². The van der Waals surface area contributed by atoms with Crippen LogP contribution in [0.4, 0.5) is 17.6 Å². The van der Waals surface area contributed by atoms with Crippen LogP contribution in [0.2, 0.25) is 0 Å². The molecule has 0 radical (unpaired) electrons. The van der Waals surface area contributed by atoms with Crippen LogP contribution in [0.5, 0.6) is 5.75 Å². The van der Waals surface area contributed by atoms with E-state index in [1.807, 2.05) is 6.92 Å². The predicted octanol–water partition coefficient (Wildman–Crippen LogP) is 3.20. The van der Waals surface area contributed by atoms with Crippen molar-refractivity contribution in [1.29, 1.82) is 0 Å². The second kappa shape index (κ2) is 6.04. The Labute approximate surface area is 103 Å². The minimum Gasteiger partial charge on any atom is -0.428 e. The van der Waals surface area contributed by atoms with E-state index in [1.165, 1.54) is 24.3 Å². The number of benzene rings is 1. The van der Waals surface area contributed by atoms with Gasteiger partial charge in [0.1, 0.15) is 5.75 Å². The monoisotopic (exact) mass is 265 g/mol. The highest BCUT2D eigenvalue weighted by atomic mass is 19.3. The summed E-state index contributed by atoms with van der Waals surface area (Å²) in [7, 11) is 0. The minimum absolute atomic E-state index is 0.0146. The van der Waals surface area contributed by atoms with Crippen molar-refractivity contribution in [3.05, 3.63) is 29.8 Å². The van der Waals surface area contributed by atoms with E-state index in [-0.39, 0.29) is 11.8 Å². The van der Waals surface area contributed by atoms with Gasteiger partial charge in [-0.1, -0.05) is 19.1 Å². The first kappa shape index (κ1) is 14.8. The van der Waals surface area contributed by atoms with E-state index >= 15 is 0 Å². The van der Waals surface area contributed by atoms with Crippen LogP contribution < -0.4 is 10.5 Å². The molecule has 0 bridgehead atoms. The topological polar surface area (TPSA) is 35.2 Å². The average molecular weight is 265 g/mol. The standard InChI is InChI=1S/C12H15F4NO/c1-2-9(17)7-8-3-5-10(6-4-8)18-12(15,16)11(13)14/h3-6,9,11H,2,7,17H2,1H3. The van der Waals surface area contributed by atoms with Crippen molar-refractivity contribution in [2.45, 2.75) is 38.3 Å². The van der Waals surface area contributed by atoms with Gasteiger partial charge in [-0.15, -0.1) is 0 Å². The maximum Gasteiger partial charge on any atom is 0.461 e. The Hall–Kier alpha value is -1.30. The van der Waals surface area contributed by atoms with Gasteiger partial charge in [0.05, 0.1) is 0 Å². The van der Waals surface area contributed by atoms with Gasteiger partial charge in [0.2, 0.25) is 0 Å². The number of alkyl halides is 4. The molecule has 2 N–H and O–H groups in total. The molecule has 0 fully saturated rings. The molecule has 0 saturated heterocycles. The van der Waals surface area contributed by atoms with E-state index in [0.717, 1.165) is 12.0 Å². The van der Waals surface area contributed by atoms with E-state index in [0.29, 0.717) is 6.42 Å². The molecule has 6 heteroatoms. The molecular weight excluding hydrogens is 250 g/mol. The van der Waals surface area contributed by atoms with Gasteiger partial charge in [-0.3, -0.25) is 0 Å². The summed E-state index contributed by atoms with van der Waals surface area (Å²) in [6.45, 7) is 1.94. The van der Waals surface area contributed by atoms with E-state index in [2.05, 4.69) is 4.74 Å². The summed E-state index contributed by atoms with van der Waals surface area (Å²) in [4.78, 5) is 0. The fraction of sp³-hybridized carbons (Fsp3) is 0.500. The third-order valence-corrected chi connectivity index (χ3v) is 2.45. The number of ether oxygens (including phenoxy) is 1. The third-order valence-electron chi connectivity index (χ3n) is 2.45. The van der Waals surface area contributed by atoms with E-state index in [4.69, 9.17) is 5.73 Å². The quantitative estimate of drug-likeness (QED) is 0.802. The van der Waals surface area contributed by atoms with Crippen molar-refractivity contribution >= 4 is 0 Å². The van der Waals surface area contributed by atoms with Crippen LogP contribution in [0.3, 0.4) is 0 Å². The molecule has 18 heavy (non-hydrogen) atoms. The molecule has 1 unspecified atom stereocenters. The lowest BCUT2D eigenvalue weighted by Gasteiger charge is -2.17. The van der Waals surface area contributed by atoms with Gasteiger partial charge in [0.15, 0.2) is 0 Å². The number of hydrogen-bond acceptors (Lipinski definition) is 2. The second-order valence-corrected chi connectivity index (χ2v) is 3.98. The Morgan fingerprint density at radius 2 is 1.78 bits per heavy atom. The normalized spacial score (nSPS) is 13.7. The van der Waals surface area contributed by atoms with Gasteiger partial charge in [-0.25, -0.2) is 0 Å². The molecule has 0 aliphatic heterocycles. The molecular formula is C12H15F4NO. The SMILES string of the molecule is CCC(N)Cc1ccc(OC(F)(F)C(F)F)cc1. The summed E-state index contributed by atoms with van der Waals surface area (Å²) in [5.41, 5.74) is 6.58. The zero-order chi connectivity index (χ0) is 13.8. The highest BCUT2D eigenvalue weighted by Gasteiger charge is 2.43. The van der Waals surface area contributed by atoms with E-state index in [9.17, 15) is 17.6 Å². The maximum atomic E-state index is 12.6. The number of halogens is 4. The molecule has 0 heterocycles. The molecule has 0 aromatic heterocycles. The first-order valence-electron chi connectivity index (χ1n) is 5.54. The Morgan fingerprint density at radius 1 is 1.22 bits per heavy atom. The van der Waals surface area contributed by atoms with Crippen molar-refractivity contribution in [3.8, 4) is 5.75 Å². The predicted molar refractivity (Wildman–Crippen MR) is 60.0 cm³/mol. The smallest absolute Gasteiger partial charge is 0.428 e. The van der Waals surface area contributed by atoms with Crippen LogP contribution in [0.1, 0.15) is 18.9 Å². The molecule has 1 atom stereocenters. The van der Waals surface area contributed by atoms with Gasteiger partial charge in [0, 0.05) is 6.04 Å². The Morgan fingerprint density at radius 3 is 2.22 bits per heavy atom. The van der Waals surface area contributed by atoms with Crippen LogP contribution in [-0.2, 0) is 6.42 Å². The molecule has 0 aliphatic carbocycles. The molecule has 0 spiro atoms. The van der Waals surface area contributed by atoms with Crippen molar-refractivity contribution in [2.24, 2.45) is 5.73 Å². The summed E-state index contributed by atoms with van der Waals surface area (Å²) in [5, 5.41) is 0. The zero-order valence-corrected chi connectivity index (χ0v) is 9.88. The van der Waals surface area contributed by atoms with Crippen molar-refractivity contribution in [1.82, 2.24) is 0 Å². The summed E-state index contributed by atoms with van der Waals surface area (Å²) >= 11 is 0. The maximum absolute atomic E-state index is 12.6.